The molecule has 7 heteroatoms. The molecule has 2 unspecified atom stereocenters. The van der Waals surface area contributed by atoms with E-state index >= 15 is 0 Å². The third-order valence-corrected chi connectivity index (χ3v) is 4.97. The van der Waals surface area contributed by atoms with Crippen molar-refractivity contribution >= 4 is 29.1 Å². The van der Waals surface area contributed by atoms with E-state index in [0.717, 1.165) is 6.42 Å². The molecule has 0 spiro atoms. The largest absolute Gasteiger partial charge is 0.369 e. The molecule has 1 saturated heterocycles. The van der Waals surface area contributed by atoms with Crippen LogP contribution < -0.4 is 11.1 Å². The van der Waals surface area contributed by atoms with Crippen molar-refractivity contribution in [1.29, 1.82) is 0 Å². The summed E-state index contributed by atoms with van der Waals surface area (Å²) in [4.78, 5) is 38.6. The number of piperidine rings is 1. The standard InChI is InChI=1S/C16H23N3O3S/c1-10(2)13(18-15(21)12-6-4-8-23-12)16(22)19-7-3-5-11(9-19)14(17)20/h4,6,8,10-11,13H,3,5,7,9H2,1-2H3,(H2,17,20)(H,18,21). The Morgan fingerprint density at radius 2 is 2.13 bits per heavy atom. The number of primary amides is 1. The van der Waals surface area contributed by atoms with E-state index in [1.54, 1.807) is 17.0 Å². The molecule has 6 nitrogen and oxygen atoms in total. The molecule has 2 atom stereocenters. The molecular weight excluding hydrogens is 314 g/mol. The second-order valence-electron chi connectivity index (χ2n) is 6.20. The molecule has 23 heavy (non-hydrogen) atoms. The number of carbonyl (C=O) groups excluding carboxylic acids is 3. The Labute approximate surface area is 140 Å². The van der Waals surface area contributed by atoms with Gasteiger partial charge in [0.15, 0.2) is 0 Å². The van der Waals surface area contributed by atoms with Crippen molar-refractivity contribution in [3.05, 3.63) is 22.4 Å². The van der Waals surface area contributed by atoms with E-state index in [1.807, 2.05) is 19.2 Å². The maximum atomic E-state index is 12.8. The summed E-state index contributed by atoms with van der Waals surface area (Å²) >= 11 is 1.34. The van der Waals surface area contributed by atoms with E-state index in [4.69, 9.17) is 5.73 Å². The zero-order valence-corrected chi connectivity index (χ0v) is 14.3. The molecule has 1 aromatic rings. The average molecular weight is 337 g/mol. The zero-order chi connectivity index (χ0) is 17.0. The molecule has 2 heterocycles. The first-order valence-corrected chi connectivity index (χ1v) is 8.70. The van der Waals surface area contributed by atoms with Gasteiger partial charge in [-0.15, -0.1) is 11.3 Å². The van der Waals surface area contributed by atoms with Gasteiger partial charge in [-0.3, -0.25) is 14.4 Å². The zero-order valence-electron chi connectivity index (χ0n) is 13.5. The molecule has 1 fully saturated rings. The van der Waals surface area contributed by atoms with Crippen LogP contribution in [0.4, 0.5) is 0 Å². The van der Waals surface area contributed by atoms with Gasteiger partial charge in [0.1, 0.15) is 6.04 Å². The Morgan fingerprint density at radius 3 is 2.70 bits per heavy atom. The molecule has 1 aliphatic rings. The third-order valence-electron chi connectivity index (χ3n) is 4.10. The fourth-order valence-electron chi connectivity index (χ4n) is 2.74. The number of hydrogen-bond donors (Lipinski definition) is 2. The predicted molar refractivity (Wildman–Crippen MR) is 88.9 cm³/mol. The Balaban J connectivity index is 2.06. The first kappa shape index (κ1) is 17.5. The summed E-state index contributed by atoms with van der Waals surface area (Å²) < 4.78 is 0. The van der Waals surface area contributed by atoms with Crippen molar-refractivity contribution in [2.75, 3.05) is 13.1 Å². The summed E-state index contributed by atoms with van der Waals surface area (Å²) in [7, 11) is 0. The molecular formula is C16H23N3O3S. The topological polar surface area (TPSA) is 92.5 Å². The highest BCUT2D eigenvalue weighted by Gasteiger charge is 2.33. The quantitative estimate of drug-likeness (QED) is 0.846. The molecule has 1 aliphatic heterocycles. The van der Waals surface area contributed by atoms with Gasteiger partial charge in [-0.1, -0.05) is 19.9 Å². The normalized spacial score (nSPS) is 19.4. The summed E-state index contributed by atoms with van der Waals surface area (Å²) in [5.41, 5.74) is 5.37. The summed E-state index contributed by atoms with van der Waals surface area (Å²) in [6.45, 7) is 4.73. The van der Waals surface area contributed by atoms with Crippen molar-refractivity contribution in [1.82, 2.24) is 10.2 Å². The first-order chi connectivity index (χ1) is 10.9. The van der Waals surface area contributed by atoms with Gasteiger partial charge in [0, 0.05) is 13.1 Å². The van der Waals surface area contributed by atoms with Crippen molar-refractivity contribution in [2.45, 2.75) is 32.7 Å². The molecule has 0 bridgehead atoms. The lowest BCUT2D eigenvalue weighted by atomic mass is 9.95. The van der Waals surface area contributed by atoms with Crippen LogP contribution in [0.25, 0.3) is 0 Å². The molecule has 1 aromatic heterocycles. The molecule has 0 aliphatic carbocycles. The Hall–Kier alpha value is -1.89. The van der Waals surface area contributed by atoms with Crippen LogP contribution in [0.15, 0.2) is 17.5 Å². The predicted octanol–water partition coefficient (Wildman–Crippen LogP) is 1.23. The number of nitrogens with two attached hydrogens (primary N) is 1. The molecule has 126 valence electrons. The van der Waals surface area contributed by atoms with Crippen molar-refractivity contribution in [2.24, 2.45) is 17.6 Å². The van der Waals surface area contributed by atoms with Crippen molar-refractivity contribution < 1.29 is 14.4 Å². The lowest BCUT2D eigenvalue weighted by Gasteiger charge is -2.35. The Kier molecular flexibility index (Phi) is 5.76. The smallest absolute Gasteiger partial charge is 0.262 e. The summed E-state index contributed by atoms with van der Waals surface area (Å²) in [5, 5.41) is 4.65. The third kappa shape index (κ3) is 4.31. The highest BCUT2D eigenvalue weighted by molar-refractivity contribution is 7.12. The monoisotopic (exact) mass is 337 g/mol. The number of nitrogens with one attached hydrogen (secondary N) is 1. The van der Waals surface area contributed by atoms with Gasteiger partial charge in [-0.05, 0) is 30.2 Å². The summed E-state index contributed by atoms with van der Waals surface area (Å²) in [6.07, 6.45) is 1.47. The van der Waals surface area contributed by atoms with Gasteiger partial charge in [0.05, 0.1) is 10.8 Å². The number of carbonyl (C=O) groups is 3. The van der Waals surface area contributed by atoms with Crippen molar-refractivity contribution in [3.63, 3.8) is 0 Å². The second kappa shape index (κ2) is 7.59. The van der Waals surface area contributed by atoms with Crippen LogP contribution >= 0.6 is 11.3 Å². The number of amides is 3. The summed E-state index contributed by atoms with van der Waals surface area (Å²) in [6, 6.07) is 2.93. The highest BCUT2D eigenvalue weighted by Crippen LogP contribution is 2.19. The van der Waals surface area contributed by atoms with E-state index in [9.17, 15) is 14.4 Å². The first-order valence-electron chi connectivity index (χ1n) is 7.82. The minimum absolute atomic E-state index is 0.0413. The van der Waals surface area contributed by atoms with Gasteiger partial charge in [0.2, 0.25) is 11.8 Å². The lowest BCUT2D eigenvalue weighted by molar-refractivity contribution is -0.137. The molecule has 2 rings (SSSR count). The van der Waals surface area contributed by atoms with Crippen LogP contribution in [-0.4, -0.2) is 41.8 Å². The molecule has 3 N–H and O–H groups in total. The van der Waals surface area contributed by atoms with Crippen LogP contribution in [0.5, 0.6) is 0 Å². The Bertz CT molecular complexity index is 571. The number of hydrogen-bond acceptors (Lipinski definition) is 4. The SMILES string of the molecule is CC(C)C(NC(=O)c1cccs1)C(=O)N1CCCC(C(N)=O)C1. The molecule has 3 amide bonds. The fraction of sp³-hybridized carbons (Fsp3) is 0.562. The van der Waals surface area contributed by atoms with Crippen LogP contribution in [0.2, 0.25) is 0 Å². The minimum atomic E-state index is -0.601. The van der Waals surface area contributed by atoms with E-state index < -0.39 is 6.04 Å². The number of likely N-dealkylation sites (tertiary alicyclic amines) is 1. The fourth-order valence-corrected chi connectivity index (χ4v) is 3.37. The van der Waals surface area contributed by atoms with Crippen molar-refractivity contribution in [3.8, 4) is 0 Å². The van der Waals surface area contributed by atoms with E-state index in [1.165, 1.54) is 11.3 Å². The van der Waals surface area contributed by atoms with Gasteiger partial charge >= 0.3 is 0 Å². The summed E-state index contributed by atoms with van der Waals surface area (Å²) in [5.74, 6) is -1.09. The van der Waals surface area contributed by atoms with E-state index in [-0.39, 0.29) is 29.6 Å². The van der Waals surface area contributed by atoms with Crippen LogP contribution in [-0.2, 0) is 9.59 Å². The maximum absolute atomic E-state index is 12.8. The Morgan fingerprint density at radius 1 is 1.39 bits per heavy atom. The van der Waals surface area contributed by atoms with E-state index in [0.29, 0.717) is 24.4 Å². The van der Waals surface area contributed by atoms with Crippen LogP contribution in [0.3, 0.4) is 0 Å². The van der Waals surface area contributed by atoms with E-state index in [2.05, 4.69) is 5.32 Å². The number of nitrogens with zero attached hydrogens (tertiary/aromatic N) is 1. The van der Waals surface area contributed by atoms with Crippen LogP contribution in [0, 0.1) is 11.8 Å². The lowest BCUT2D eigenvalue weighted by Crippen LogP contribution is -2.54. The van der Waals surface area contributed by atoms with Gasteiger partial charge in [-0.2, -0.15) is 0 Å². The average Bonchev–Trinajstić information content (AvgIpc) is 3.06. The maximum Gasteiger partial charge on any atom is 0.262 e. The van der Waals surface area contributed by atoms with Gasteiger partial charge in [0.25, 0.3) is 5.91 Å². The number of rotatable bonds is 5. The minimum Gasteiger partial charge on any atom is -0.369 e. The second-order valence-corrected chi connectivity index (χ2v) is 7.15. The molecule has 0 saturated carbocycles. The molecule has 0 radical (unpaired) electrons. The highest BCUT2D eigenvalue weighted by atomic mass is 32.1. The molecule has 0 aromatic carbocycles. The van der Waals surface area contributed by atoms with Crippen LogP contribution in [0.1, 0.15) is 36.4 Å². The number of thiophene rings is 1. The van der Waals surface area contributed by atoms with Gasteiger partial charge < -0.3 is 16.0 Å². The van der Waals surface area contributed by atoms with Gasteiger partial charge in [-0.25, -0.2) is 0 Å².